The minimum absolute atomic E-state index is 0.145. The topological polar surface area (TPSA) is 122 Å². The van der Waals surface area contributed by atoms with Crippen molar-refractivity contribution < 1.29 is 4.79 Å². The van der Waals surface area contributed by atoms with Crippen LogP contribution in [0.5, 0.6) is 0 Å². The van der Waals surface area contributed by atoms with Crippen LogP contribution in [0, 0.1) is 0 Å². The van der Waals surface area contributed by atoms with Gasteiger partial charge in [0.2, 0.25) is 0 Å². The van der Waals surface area contributed by atoms with Gasteiger partial charge in [0.25, 0.3) is 5.91 Å². The third-order valence-corrected chi connectivity index (χ3v) is 7.10. The summed E-state index contributed by atoms with van der Waals surface area (Å²) in [5, 5.41) is 6.67. The monoisotopic (exact) mass is 708 g/mol. The summed E-state index contributed by atoms with van der Waals surface area (Å²) >= 11 is 0. The number of nitrogens with zero attached hydrogens (tertiary/aromatic N) is 3. The maximum atomic E-state index is 13.0. The summed E-state index contributed by atoms with van der Waals surface area (Å²) in [6.45, 7) is 31.1. The Balaban J connectivity index is 0.00000156. The average molecular weight is 708 g/mol. The van der Waals surface area contributed by atoms with Gasteiger partial charge in [0, 0.05) is 47.3 Å². The number of carbonyl (C=O) groups is 1. The second-order valence-electron chi connectivity index (χ2n) is 11.7. The molecule has 0 radical (unpaired) electrons. The first-order chi connectivity index (χ1) is 24.9. The van der Waals surface area contributed by atoms with Gasteiger partial charge in [-0.15, -0.1) is 0 Å². The molecule has 0 saturated carbocycles. The van der Waals surface area contributed by atoms with E-state index in [1.54, 1.807) is 29.4 Å². The molecule has 282 valence electrons. The minimum Gasteiger partial charge on any atom is -0.383 e. The Labute approximate surface area is 315 Å². The first-order valence-electron chi connectivity index (χ1n) is 18.3. The second kappa shape index (κ2) is 27.4. The lowest BCUT2D eigenvalue weighted by Gasteiger charge is -2.24. The van der Waals surface area contributed by atoms with Crippen LogP contribution >= 0.6 is 0 Å². The summed E-state index contributed by atoms with van der Waals surface area (Å²) in [4.78, 5) is 22.7. The number of hydrogen-bond donors (Lipinski definition) is 4. The van der Waals surface area contributed by atoms with Crippen LogP contribution < -0.4 is 22.1 Å². The fourth-order valence-electron chi connectivity index (χ4n) is 4.53. The van der Waals surface area contributed by atoms with Crippen molar-refractivity contribution in [1.82, 2.24) is 20.2 Å². The first kappa shape index (κ1) is 46.6. The molecule has 0 unspecified atom stereocenters. The summed E-state index contributed by atoms with van der Waals surface area (Å²) in [6, 6.07) is 15.5. The number of anilines is 3. The first-order valence-corrected chi connectivity index (χ1v) is 18.3. The molecule has 0 saturated heterocycles. The van der Waals surface area contributed by atoms with Gasteiger partial charge in [0.05, 0.1) is 12.1 Å². The Morgan fingerprint density at radius 3 is 1.88 bits per heavy atom. The summed E-state index contributed by atoms with van der Waals surface area (Å²) < 4.78 is 0. The van der Waals surface area contributed by atoms with Gasteiger partial charge in [-0.05, 0) is 93.6 Å². The number of nitrogens with two attached hydrogens (primary N) is 2. The highest BCUT2D eigenvalue weighted by atomic mass is 16.2. The number of hydrogen-bond acceptors (Lipinski definition) is 7. The van der Waals surface area contributed by atoms with Crippen LogP contribution in [0.4, 0.5) is 17.3 Å². The fraction of sp³-hybridized carbons (Fsp3) is 0.341. The number of nitrogen functional groups attached to an aromatic ring is 2. The Hall–Kier alpha value is -5.37. The minimum atomic E-state index is -0.145. The van der Waals surface area contributed by atoms with E-state index in [4.69, 9.17) is 11.5 Å². The van der Waals surface area contributed by atoms with Crippen molar-refractivity contribution in [1.29, 1.82) is 0 Å². The van der Waals surface area contributed by atoms with Crippen molar-refractivity contribution in [3.8, 4) is 0 Å². The highest BCUT2D eigenvalue weighted by Crippen LogP contribution is 2.17. The molecule has 3 aromatic rings. The van der Waals surface area contributed by atoms with Crippen LogP contribution in [0.15, 0.2) is 122 Å². The summed E-state index contributed by atoms with van der Waals surface area (Å²) in [5.41, 5.74) is 19.8. The smallest absolute Gasteiger partial charge is 0.257 e. The molecular weight excluding hydrogens is 643 g/mol. The van der Waals surface area contributed by atoms with Crippen molar-refractivity contribution in [2.45, 2.75) is 88.0 Å². The van der Waals surface area contributed by atoms with E-state index in [1.807, 2.05) is 72.8 Å². The Bertz CT molecular complexity index is 1620. The Morgan fingerprint density at radius 2 is 1.38 bits per heavy atom. The SMILES string of the molecule is C=C(C)c1cccnc1N.C=C(CN(CCC)C(=O)c1cccnc1N)N/C(C)=C/C=C(C)/C=C/c1ccc(NC(=C)CCCC)cc1.CC.CC. The molecule has 0 atom stereocenters. The molecule has 8 heteroatoms. The second-order valence-corrected chi connectivity index (χ2v) is 11.7. The van der Waals surface area contributed by atoms with Gasteiger partial charge >= 0.3 is 0 Å². The summed E-state index contributed by atoms with van der Waals surface area (Å²) in [7, 11) is 0. The zero-order valence-corrected chi connectivity index (χ0v) is 33.4. The molecule has 0 spiro atoms. The quantitative estimate of drug-likeness (QED) is 0.109. The highest BCUT2D eigenvalue weighted by molar-refractivity contribution is 5.98. The van der Waals surface area contributed by atoms with E-state index >= 15 is 0 Å². The Kier molecular flexibility index (Phi) is 24.5. The summed E-state index contributed by atoms with van der Waals surface area (Å²) in [6.07, 6.45) is 15.6. The normalized spacial score (nSPS) is 10.7. The lowest BCUT2D eigenvalue weighted by molar-refractivity contribution is 0.0769. The van der Waals surface area contributed by atoms with E-state index in [1.165, 1.54) is 0 Å². The molecule has 1 aromatic carbocycles. The van der Waals surface area contributed by atoms with E-state index in [9.17, 15) is 4.79 Å². The van der Waals surface area contributed by atoms with Gasteiger partial charge in [-0.3, -0.25) is 4.79 Å². The van der Waals surface area contributed by atoms with E-state index in [2.05, 4.69) is 90.6 Å². The molecule has 0 aliphatic rings. The lowest BCUT2D eigenvalue weighted by atomic mass is 10.1. The maximum absolute atomic E-state index is 13.0. The molecule has 0 aliphatic carbocycles. The molecule has 2 heterocycles. The standard InChI is InChI=1S/C32H43N5O.C8H10N2.2C2H6/c1-7-9-11-25(4)36-29-19-17-28(18-20-29)16-14-24(3)13-15-26(5)35-27(6)23-37(22-8-2)32(38)30-12-10-21-34-31(30)33;1-6(2)7-4-3-5-10-8(7)9;2*1-2/h10,12-21,35-36H,4,6-9,11,22-23H2,1-3,5H3,(H2,33,34);3-5H,1H2,2H3,(H2,9,10);2*1-2H3/b16-14+,24-13+,26-15+;;;. The molecule has 8 nitrogen and oxygen atoms in total. The lowest BCUT2D eigenvalue weighted by Crippen LogP contribution is -2.36. The van der Waals surface area contributed by atoms with Gasteiger partial charge in [0.1, 0.15) is 11.6 Å². The van der Waals surface area contributed by atoms with Crippen molar-refractivity contribution in [2.24, 2.45) is 0 Å². The van der Waals surface area contributed by atoms with E-state index in [-0.39, 0.29) is 11.7 Å². The van der Waals surface area contributed by atoms with Crippen molar-refractivity contribution in [2.75, 3.05) is 29.9 Å². The van der Waals surface area contributed by atoms with Crippen molar-refractivity contribution >= 4 is 34.9 Å². The third-order valence-electron chi connectivity index (χ3n) is 7.10. The van der Waals surface area contributed by atoms with Gasteiger partial charge in [-0.1, -0.05) is 104 Å². The van der Waals surface area contributed by atoms with Crippen LogP contribution in [0.3, 0.4) is 0 Å². The molecule has 0 bridgehead atoms. The molecular formula is C44H65N7O. The van der Waals surface area contributed by atoms with Crippen LogP contribution in [-0.4, -0.2) is 33.9 Å². The van der Waals surface area contributed by atoms with Gasteiger partial charge in [-0.25, -0.2) is 9.97 Å². The molecule has 2 aromatic heterocycles. The molecule has 3 rings (SSSR count). The van der Waals surface area contributed by atoms with E-state index in [0.29, 0.717) is 24.5 Å². The van der Waals surface area contributed by atoms with Crippen LogP contribution in [0.2, 0.25) is 0 Å². The molecule has 0 fully saturated rings. The Morgan fingerprint density at radius 1 is 0.808 bits per heavy atom. The number of rotatable bonds is 16. The van der Waals surface area contributed by atoms with Gasteiger partial charge in [0.15, 0.2) is 0 Å². The van der Waals surface area contributed by atoms with Crippen LogP contribution in [0.25, 0.3) is 11.6 Å². The van der Waals surface area contributed by atoms with Gasteiger partial charge < -0.3 is 27.0 Å². The van der Waals surface area contributed by atoms with Gasteiger partial charge in [-0.2, -0.15) is 0 Å². The predicted octanol–water partition coefficient (Wildman–Crippen LogP) is 11.0. The number of unbranched alkanes of at least 4 members (excludes halogenated alkanes) is 1. The van der Waals surface area contributed by atoms with Crippen molar-refractivity contribution in [3.63, 3.8) is 0 Å². The summed E-state index contributed by atoms with van der Waals surface area (Å²) in [5.74, 6) is 0.644. The highest BCUT2D eigenvalue weighted by Gasteiger charge is 2.18. The third kappa shape index (κ3) is 18.6. The molecule has 0 aliphatic heterocycles. The number of amides is 1. The zero-order valence-electron chi connectivity index (χ0n) is 33.4. The van der Waals surface area contributed by atoms with E-state index in [0.717, 1.165) is 70.7 Å². The zero-order chi connectivity index (χ0) is 39.5. The number of nitrogens with one attached hydrogen (secondary N) is 2. The number of carbonyl (C=O) groups excluding carboxylic acids is 1. The fourth-order valence-corrected chi connectivity index (χ4v) is 4.53. The number of benzene rings is 1. The predicted molar refractivity (Wildman–Crippen MR) is 228 cm³/mol. The average Bonchev–Trinajstić information content (AvgIpc) is 3.14. The largest absolute Gasteiger partial charge is 0.383 e. The van der Waals surface area contributed by atoms with E-state index < -0.39 is 0 Å². The molecule has 52 heavy (non-hydrogen) atoms. The number of aromatic nitrogens is 2. The number of pyridine rings is 2. The maximum Gasteiger partial charge on any atom is 0.257 e. The number of allylic oxidation sites excluding steroid dienone is 7. The van der Waals surface area contributed by atoms with Crippen LogP contribution in [0.1, 0.15) is 109 Å². The van der Waals surface area contributed by atoms with Crippen LogP contribution in [-0.2, 0) is 0 Å². The van der Waals surface area contributed by atoms with Crippen molar-refractivity contribution in [3.05, 3.63) is 138 Å². The molecule has 6 N–H and O–H groups in total. The molecule has 1 amide bonds.